The minimum absolute atomic E-state index is 0.0168. The molecular formula is C57H38N2. The average Bonchev–Trinajstić information content (AvgIpc) is 3.65. The van der Waals surface area contributed by atoms with Gasteiger partial charge < -0.3 is 9.88 Å². The Hall–Kier alpha value is -7.68. The van der Waals surface area contributed by atoms with Gasteiger partial charge in [0.1, 0.15) is 0 Å². The van der Waals surface area contributed by atoms with Crippen molar-refractivity contribution < 1.29 is 0 Å². The van der Waals surface area contributed by atoms with Gasteiger partial charge in [0, 0.05) is 16.6 Å². The van der Waals surface area contributed by atoms with Crippen molar-refractivity contribution in [3.63, 3.8) is 0 Å². The normalized spacial score (nSPS) is 13.7. The van der Waals surface area contributed by atoms with Gasteiger partial charge in [-0.05, 0) is 125 Å². The standard InChI is InChI=1S/C57H38N2/c1-3-17-39(18-4-1)57-56-51-36-41(30-32-52(51)59(53(56)33-34-58-57)42-21-5-2-6-22-42)40-29-31-49-50(35-40)55(46-28-14-20-38-16-8-10-24-44(38)46)48-26-12-11-25-47(48)54(49)45-27-13-19-37-15-7-9-23-43(37)45/h1-36,57-58H. The van der Waals surface area contributed by atoms with Crippen LogP contribution in [0.15, 0.2) is 212 Å². The Morgan fingerprint density at radius 1 is 0.390 bits per heavy atom. The number of rotatable bonds is 5. The molecule has 1 aliphatic rings. The summed E-state index contributed by atoms with van der Waals surface area (Å²) in [4.78, 5) is 0. The molecule has 1 N–H and O–H groups in total. The fourth-order valence-corrected chi connectivity index (χ4v) is 9.88. The van der Waals surface area contributed by atoms with Gasteiger partial charge in [0.2, 0.25) is 0 Å². The van der Waals surface area contributed by atoms with Crippen molar-refractivity contribution in [2.75, 3.05) is 0 Å². The smallest absolute Gasteiger partial charge is 0.0789 e. The number of aromatic nitrogens is 1. The molecule has 0 saturated heterocycles. The third-order valence-electron chi connectivity index (χ3n) is 12.5. The zero-order valence-electron chi connectivity index (χ0n) is 32.3. The van der Waals surface area contributed by atoms with Crippen LogP contribution in [0.25, 0.3) is 99.1 Å². The van der Waals surface area contributed by atoms with Gasteiger partial charge in [0.25, 0.3) is 0 Å². The largest absolute Gasteiger partial charge is 0.380 e. The first-order valence-electron chi connectivity index (χ1n) is 20.5. The van der Waals surface area contributed by atoms with E-state index in [1.54, 1.807) is 0 Å². The zero-order valence-corrected chi connectivity index (χ0v) is 32.3. The molecule has 0 saturated carbocycles. The van der Waals surface area contributed by atoms with Crippen molar-refractivity contribution in [3.8, 4) is 39.1 Å². The SMILES string of the molecule is C1=Cc2c(c3cc(-c4ccc5c(-c6cccc7ccccc67)c6ccccc6c(-c6cccc7ccccc67)c5c4)ccc3n2-c2ccccc2)C(c2ccccc2)N1. The van der Waals surface area contributed by atoms with Crippen molar-refractivity contribution in [3.05, 3.63) is 229 Å². The lowest BCUT2D eigenvalue weighted by Gasteiger charge is -2.23. The number of para-hydroxylation sites is 1. The van der Waals surface area contributed by atoms with Crippen molar-refractivity contribution in [2.24, 2.45) is 0 Å². The molecule has 2 nitrogen and oxygen atoms in total. The number of nitrogens with zero attached hydrogens (tertiary/aromatic N) is 1. The molecule has 1 unspecified atom stereocenters. The summed E-state index contributed by atoms with van der Waals surface area (Å²) in [7, 11) is 0. The average molecular weight is 751 g/mol. The minimum atomic E-state index is 0.0168. The van der Waals surface area contributed by atoms with Gasteiger partial charge in [-0.15, -0.1) is 0 Å². The molecule has 0 amide bonds. The van der Waals surface area contributed by atoms with Crippen molar-refractivity contribution in [2.45, 2.75) is 6.04 Å². The van der Waals surface area contributed by atoms with Gasteiger partial charge in [-0.3, -0.25) is 0 Å². The Bertz CT molecular complexity index is 3450. The van der Waals surface area contributed by atoms with E-state index in [0.29, 0.717) is 0 Å². The molecular weight excluding hydrogens is 713 g/mol. The van der Waals surface area contributed by atoms with Crippen LogP contribution < -0.4 is 5.32 Å². The Balaban J connectivity index is 1.16. The first-order chi connectivity index (χ1) is 29.3. The van der Waals surface area contributed by atoms with E-state index in [1.165, 1.54) is 104 Å². The Morgan fingerprint density at radius 2 is 0.898 bits per heavy atom. The zero-order chi connectivity index (χ0) is 38.9. The maximum atomic E-state index is 3.73. The molecule has 0 aliphatic carbocycles. The lowest BCUT2D eigenvalue weighted by atomic mass is 9.83. The summed E-state index contributed by atoms with van der Waals surface area (Å²) in [6.07, 6.45) is 4.34. The van der Waals surface area contributed by atoms with Crippen LogP contribution in [0, 0.1) is 0 Å². The van der Waals surface area contributed by atoms with E-state index in [9.17, 15) is 0 Å². The molecule has 11 aromatic rings. The van der Waals surface area contributed by atoms with Crippen molar-refractivity contribution >= 4 is 60.1 Å². The Morgan fingerprint density at radius 3 is 1.56 bits per heavy atom. The molecule has 0 spiro atoms. The predicted molar refractivity (Wildman–Crippen MR) is 250 cm³/mol. The Kier molecular flexibility index (Phi) is 7.64. The molecule has 276 valence electrons. The van der Waals surface area contributed by atoms with E-state index in [-0.39, 0.29) is 6.04 Å². The molecule has 59 heavy (non-hydrogen) atoms. The maximum Gasteiger partial charge on any atom is 0.0789 e. The van der Waals surface area contributed by atoms with Crippen LogP contribution in [-0.4, -0.2) is 4.57 Å². The molecule has 2 heteroatoms. The minimum Gasteiger partial charge on any atom is -0.380 e. The van der Waals surface area contributed by atoms with Gasteiger partial charge >= 0.3 is 0 Å². The van der Waals surface area contributed by atoms with Crippen LogP contribution >= 0.6 is 0 Å². The second-order valence-corrected chi connectivity index (χ2v) is 15.7. The highest BCUT2D eigenvalue weighted by Crippen LogP contribution is 2.48. The topological polar surface area (TPSA) is 17.0 Å². The number of hydrogen-bond donors (Lipinski definition) is 1. The number of hydrogen-bond acceptors (Lipinski definition) is 1. The molecule has 12 rings (SSSR count). The van der Waals surface area contributed by atoms with E-state index in [0.717, 1.165) is 5.69 Å². The van der Waals surface area contributed by atoms with Gasteiger partial charge in [0.15, 0.2) is 0 Å². The first-order valence-corrected chi connectivity index (χ1v) is 20.5. The quantitative estimate of drug-likeness (QED) is 0.173. The van der Waals surface area contributed by atoms with Crippen LogP contribution in [0.2, 0.25) is 0 Å². The number of fused-ring (bicyclic) bond motifs is 7. The predicted octanol–water partition coefficient (Wildman–Crippen LogP) is 14.9. The van der Waals surface area contributed by atoms with Crippen molar-refractivity contribution in [1.82, 2.24) is 9.88 Å². The molecule has 1 atom stereocenters. The molecule has 0 radical (unpaired) electrons. The summed E-state index contributed by atoms with van der Waals surface area (Å²) in [5, 5.41) is 15.0. The second-order valence-electron chi connectivity index (χ2n) is 15.7. The lowest BCUT2D eigenvalue weighted by molar-refractivity contribution is 0.722. The third kappa shape index (κ3) is 5.27. The molecule has 10 aromatic carbocycles. The summed E-state index contributed by atoms with van der Waals surface area (Å²) in [6.45, 7) is 0. The molecule has 0 bridgehead atoms. The van der Waals surface area contributed by atoms with Crippen LogP contribution in [0.5, 0.6) is 0 Å². The van der Waals surface area contributed by atoms with E-state index in [1.807, 2.05) is 0 Å². The highest BCUT2D eigenvalue weighted by molar-refractivity contribution is 6.25. The van der Waals surface area contributed by atoms with Crippen molar-refractivity contribution in [1.29, 1.82) is 0 Å². The fourth-order valence-electron chi connectivity index (χ4n) is 9.88. The van der Waals surface area contributed by atoms with Gasteiger partial charge in [-0.2, -0.15) is 0 Å². The summed E-state index contributed by atoms with van der Waals surface area (Å²) < 4.78 is 2.42. The fraction of sp³-hybridized carbons (Fsp3) is 0.0175. The lowest BCUT2D eigenvalue weighted by Crippen LogP contribution is -2.20. The van der Waals surface area contributed by atoms with Gasteiger partial charge in [0.05, 0.1) is 17.3 Å². The van der Waals surface area contributed by atoms with Gasteiger partial charge in [-0.25, -0.2) is 0 Å². The summed E-state index contributed by atoms with van der Waals surface area (Å²) >= 11 is 0. The van der Waals surface area contributed by atoms with Crippen LogP contribution in [0.1, 0.15) is 22.9 Å². The highest BCUT2D eigenvalue weighted by Gasteiger charge is 2.27. The molecule has 1 aliphatic heterocycles. The van der Waals surface area contributed by atoms with Crippen LogP contribution in [-0.2, 0) is 0 Å². The summed E-state index contributed by atoms with van der Waals surface area (Å²) in [5.41, 5.74) is 13.5. The van der Waals surface area contributed by atoms with E-state index >= 15 is 0 Å². The van der Waals surface area contributed by atoms with E-state index in [4.69, 9.17) is 0 Å². The Labute approximate surface area is 342 Å². The highest BCUT2D eigenvalue weighted by atomic mass is 15.0. The summed E-state index contributed by atoms with van der Waals surface area (Å²) in [6, 6.07) is 75.9. The first kappa shape index (κ1) is 33.5. The third-order valence-corrected chi connectivity index (χ3v) is 12.5. The molecule has 1 aromatic heterocycles. The van der Waals surface area contributed by atoms with Gasteiger partial charge in [-0.1, -0.05) is 176 Å². The second kappa shape index (κ2) is 13.5. The maximum absolute atomic E-state index is 3.73. The summed E-state index contributed by atoms with van der Waals surface area (Å²) in [5.74, 6) is 0. The van der Waals surface area contributed by atoms with E-state index < -0.39 is 0 Å². The number of nitrogens with one attached hydrogen (secondary N) is 1. The number of benzene rings is 10. The molecule has 0 fully saturated rings. The monoisotopic (exact) mass is 750 g/mol. The van der Waals surface area contributed by atoms with E-state index in [2.05, 4.69) is 228 Å². The van der Waals surface area contributed by atoms with Crippen LogP contribution in [0.4, 0.5) is 0 Å². The molecule has 2 heterocycles. The van der Waals surface area contributed by atoms with Crippen LogP contribution in [0.3, 0.4) is 0 Å².